The van der Waals surface area contributed by atoms with Crippen LogP contribution < -0.4 is 10.6 Å². The van der Waals surface area contributed by atoms with Crippen molar-refractivity contribution in [3.05, 3.63) is 33.9 Å². The van der Waals surface area contributed by atoms with Crippen LogP contribution in [0.1, 0.15) is 31.2 Å². The summed E-state index contributed by atoms with van der Waals surface area (Å²) in [5, 5.41) is 18.6. The van der Waals surface area contributed by atoms with Gasteiger partial charge in [-0.15, -0.1) is 0 Å². The zero-order chi connectivity index (χ0) is 14.3. The average molecular weight is 274 g/mol. The van der Waals surface area contributed by atoms with E-state index in [0.29, 0.717) is 11.0 Å². The first-order valence-electron chi connectivity index (χ1n) is 6.89. The van der Waals surface area contributed by atoms with Crippen molar-refractivity contribution in [2.24, 2.45) is 11.1 Å². The summed E-state index contributed by atoms with van der Waals surface area (Å²) in [4.78, 5) is 12.7. The number of nitrogens with zero attached hydrogens (tertiary/aromatic N) is 2. The van der Waals surface area contributed by atoms with Crippen LogP contribution in [0.4, 0.5) is 11.4 Å². The Balaban J connectivity index is 1.91. The number of amidine groups is 1. The Bertz CT molecular complexity index is 571. The second-order valence-corrected chi connectivity index (χ2v) is 5.86. The first-order chi connectivity index (χ1) is 9.51. The summed E-state index contributed by atoms with van der Waals surface area (Å²) >= 11 is 0. The molecule has 0 unspecified atom stereocenters. The van der Waals surface area contributed by atoms with Crippen molar-refractivity contribution in [3.8, 4) is 0 Å². The van der Waals surface area contributed by atoms with E-state index in [1.165, 1.54) is 18.9 Å². The van der Waals surface area contributed by atoms with Gasteiger partial charge in [0.05, 0.1) is 10.6 Å². The minimum absolute atomic E-state index is 0.0402. The Kier molecular flexibility index (Phi) is 2.88. The van der Waals surface area contributed by atoms with Crippen molar-refractivity contribution < 1.29 is 4.92 Å². The molecule has 0 aromatic heterocycles. The van der Waals surface area contributed by atoms with E-state index in [2.05, 4.69) is 4.90 Å². The highest BCUT2D eigenvalue weighted by Crippen LogP contribution is 2.54. The third kappa shape index (κ3) is 2.21. The van der Waals surface area contributed by atoms with E-state index in [0.717, 1.165) is 31.6 Å². The molecule has 0 atom stereocenters. The first kappa shape index (κ1) is 12.9. The molecule has 3 N–H and O–H groups in total. The number of anilines is 1. The fraction of sp³-hybridized carbons (Fsp3) is 0.500. The molecule has 106 valence electrons. The fourth-order valence-electron chi connectivity index (χ4n) is 3.02. The largest absolute Gasteiger partial charge is 0.384 e. The van der Waals surface area contributed by atoms with Gasteiger partial charge in [-0.1, -0.05) is 0 Å². The lowest BCUT2D eigenvalue weighted by Crippen LogP contribution is -2.35. The van der Waals surface area contributed by atoms with E-state index < -0.39 is 4.92 Å². The number of rotatable bonds is 3. The summed E-state index contributed by atoms with van der Waals surface area (Å²) < 4.78 is 0. The van der Waals surface area contributed by atoms with Gasteiger partial charge in [-0.2, -0.15) is 0 Å². The van der Waals surface area contributed by atoms with Crippen LogP contribution in [0, 0.1) is 20.9 Å². The monoisotopic (exact) mass is 274 g/mol. The van der Waals surface area contributed by atoms with Gasteiger partial charge in [-0.3, -0.25) is 15.5 Å². The van der Waals surface area contributed by atoms with E-state index in [1.807, 2.05) is 0 Å². The van der Waals surface area contributed by atoms with Crippen LogP contribution in [0.25, 0.3) is 0 Å². The summed E-state index contributed by atoms with van der Waals surface area (Å²) in [5.74, 6) is -0.0402. The molecular formula is C14H18N4O2. The molecule has 3 rings (SSSR count). The van der Waals surface area contributed by atoms with E-state index in [4.69, 9.17) is 11.1 Å². The highest BCUT2D eigenvalue weighted by molar-refractivity contribution is 6.01. The lowest BCUT2D eigenvalue weighted by atomic mass is 9.93. The second kappa shape index (κ2) is 4.47. The minimum atomic E-state index is -0.403. The third-order valence-electron chi connectivity index (χ3n) is 4.60. The van der Waals surface area contributed by atoms with Crippen molar-refractivity contribution in [1.29, 1.82) is 5.41 Å². The molecule has 1 saturated carbocycles. The van der Waals surface area contributed by atoms with E-state index in [1.54, 1.807) is 12.1 Å². The smallest absolute Gasteiger partial charge is 0.271 e. The van der Waals surface area contributed by atoms with Gasteiger partial charge < -0.3 is 10.6 Å². The highest BCUT2D eigenvalue weighted by atomic mass is 16.6. The van der Waals surface area contributed by atoms with Crippen LogP contribution in [-0.4, -0.2) is 23.8 Å². The molecule has 20 heavy (non-hydrogen) atoms. The maximum Gasteiger partial charge on any atom is 0.271 e. The van der Waals surface area contributed by atoms with Crippen molar-refractivity contribution in [3.63, 3.8) is 0 Å². The molecule has 1 aromatic rings. The zero-order valence-electron chi connectivity index (χ0n) is 11.3. The lowest BCUT2D eigenvalue weighted by molar-refractivity contribution is -0.384. The molecule has 1 spiro atoms. The van der Waals surface area contributed by atoms with E-state index >= 15 is 0 Å². The molecule has 6 heteroatoms. The normalized spacial score (nSPS) is 19.9. The Morgan fingerprint density at radius 1 is 1.30 bits per heavy atom. The van der Waals surface area contributed by atoms with Gasteiger partial charge in [-0.05, 0) is 37.2 Å². The number of piperidine rings is 1. The van der Waals surface area contributed by atoms with Gasteiger partial charge in [0.1, 0.15) is 5.84 Å². The summed E-state index contributed by atoms with van der Waals surface area (Å²) in [6.07, 6.45) is 4.89. The Hall–Kier alpha value is -2.11. The molecule has 0 bridgehead atoms. The maximum atomic E-state index is 10.9. The molecule has 2 fully saturated rings. The Labute approximate surface area is 117 Å². The predicted octanol–water partition coefficient (Wildman–Crippen LogP) is 2.26. The molecular weight excluding hydrogens is 256 g/mol. The first-order valence-corrected chi connectivity index (χ1v) is 6.89. The minimum Gasteiger partial charge on any atom is -0.384 e. The number of nitro benzene ring substituents is 1. The standard InChI is InChI=1S/C14H18N4O2/c15-13(16)11-2-1-10(18(19)20)9-12(11)17-7-5-14(3-4-14)6-8-17/h1-2,9H,3-8H2,(H3,15,16). The number of nitrogens with two attached hydrogens (primary N) is 1. The number of nitrogen functional groups attached to an aromatic ring is 1. The van der Waals surface area contributed by atoms with Gasteiger partial charge in [-0.25, -0.2) is 0 Å². The number of hydrogen-bond acceptors (Lipinski definition) is 4. The SMILES string of the molecule is N=C(N)c1ccc([N+](=O)[O-])cc1N1CCC2(CC1)CC2. The molecule has 0 amide bonds. The topological polar surface area (TPSA) is 96.2 Å². The number of benzene rings is 1. The summed E-state index contributed by atoms with van der Waals surface area (Å²) in [5.41, 5.74) is 7.51. The van der Waals surface area contributed by atoms with Crippen molar-refractivity contribution >= 4 is 17.2 Å². The molecule has 1 aromatic carbocycles. The van der Waals surface area contributed by atoms with Gasteiger partial charge >= 0.3 is 0 Å². The van der Waals surface area contributed by atoms with Gasteiger partial charge in [0, 0.05) is 30.8 Å². The molecule has 2 aliphatic rings. The van der Waals surface area contributed by atoms with E-state index in [9.17, 15) is 10.1 Å². The van der Waals surface area contributed by atoms with Crippen LogP contribution in [0.3, 0.4) is 0 Å². The zero-order valence-corrected chi connectivity index (χ0v) is 11.3. The Morgan fingerprint density at radius 3 is 2.45 bits per heavy atom. The highest BCUT2D eigenvalue weighted by Gasteiger charge is 2.44. The third-order valence-corrected chi connectivity index (χ3v) is 4.60. The van der Waals surface area contributed by atoms with Gasteiger partial charge in [0.15, 0.2) is 0 Å². The van der Waals surface area contributed by atoms with Crippen molar-refractivity contribution in [2.75, 3.05) is 18.0 Å². The van der Waals surface area contributed by atoms with Crippen LogP contribution in [0.15, 0.2) is 18.2 Å². The second-order valence-electron chi connectivity index (χ2n) is 5.86. The maximum absolute atomic E-state index is 10.9. The molecule has 0 radical (unpaired) electrons. The fourth-order valence-corrected chi connectivity index (χ4v) is 3.02. The molecule has 6 nitrogen and oxygen atoms in total. The molecule has 1 saturated heterocycles. The van der Waals surface area contributed by atoms with Gasteiger partial charge in [0.25, 0.3) is 5.69 Å². The summed E-state index contributed by atoms with van der Waals surface area (Å²) in [7, 11) is 0. The summed E-state index contributed by atoms with van der Waals surface area (Å²) in [6, 6.07) is 4.53. The number of hydrogen-bond donors (Lipinski definition) is 2. The van der Waals surface area contributed by atoms with Crippen molar-refractivity contribution in [1.82, 2.24) is 0 Å². The van der Waals surface area contributed by atoms with Crippen LogP contribution in [-0.2, 0) is 0 Å². The number of nitrogens with one attached hydrogen (secondary N) is 1. The van der Waals surface area contributed by atoms with Crippen molar-refractivity contribution in [2.45, 2.75) is 25.7 Å². The van der Waals surface area contributed by atoms with Crippen LogP contribution in [0.2, 0.25) is 0 Å². The van der Waals surface area contributed by atoms with Gasteiger partial charge in [0.2, 0.25) is 0 Å². The molecule has 1 aliphatic carbocycles. The predicted molar refractivity (Wildman–Crippen MR) is 77.2 cm³/mol. The number of nitro groups is 1. The van der Waals surface area contributed by atoms with Crippen LogP contribution in [0.5, 0.6) is 0 Å². The van der Waals surface area contributed by atoms with E-state index in [-0.39, 0.29) is 11.5 Å². The van der Waals surface area contributed by atoms with Crippen LogP contribution >= 0.6 is 0 Å². The quantitative estimate of drug-likeness (QED) is 0.382. The summed E-state index contributed by atoms with van der Waals surface area (Å²) in [6.45, 7) is 1.78. The molecule has 1 aliphatic heterocycles. The molecule has 1 heterocycles. The number of non-ortho nitro benzene ring substituents is 1. The lowest BCUT2D eigenvalue weighted by Gasteiger charge is -2.34. The Morgan fingerprint density at radius 2 is 1.95 bits per heavy atom. The average Bonchev–Trinajstić information content (AvgIpc) is 3.18.